The second kappa shape index (κ2) is 5.75. The molecule has 6 heteroatoms. The highest BCUT2D eigenvalue weighted by Crippen LogP contribution is 2.43. The van der Waals surface area contributed by atoms with Gasteiger partial charge in [-0.15, -0.1) is 0 Å². The quantitative estimate of drug-likeness (QED) is 0.838. The number of rotatable bonds is 2. The molecule has 1 aliphatic carbocycles. The van der Waals surface area contributed by atoms with Gasteiger partial charge in [-0.2, -0.15) is 5.26 Å². The molecule has 0 aromatic heterocycles. The largest absolute Gasteiger partial charge is 0.479 e. The van der Waals surface area contributed by atoms with Crippen molar-refractivity contribution in [3.63, 3.8) is 0 Å². The number of hydrogen-bond donors (Lipinski definition) is 2. The van der Waals surface area contributed by atoms with Crippen molar-refractivity contribution in [1.82, 2.24) is 5.32 Å². The Morgan fingerprint density at radius 2 is 2.08 bits per heavy atom. The first-order valence-corrected chi connectivity index (χ1v) is 8.54. The molecule has 2 N–H and O–H groups in total. The fourth-order valence-corrected chi connectivity index (χ4v) is 3.38. The summed E-state index contributed by atoms with van der Waals surface area (Å²) < 4.78 is 12.2. The fraction of sp³-hybridized carbons (Fsp3) is 0.316. The third-order valence-electron chi connectivity index (χ3n) is 4.46. The van der Waals surface area contributed by atoms with E-state index in [9.17, 15) is 5.26 Å². The number of fused-ring (bicyclic) bond motifs is 1. The van der Waals surface area contributed by atoms with Crippen LogP contribution in [0.3, 0.4) is 0 Å². The van der Waals surface area contributed by atoms with Crippen molar-refractivity contribution in [3.05, 3.63) is 64.2 Å². The van der Waals surface area contributed by atoms with Crippen LogP contribution in [0.15, 0.2) is 59.2 Å². The monoisotopic (exact) mass is 355 g/mol. The molecule has 0 spiro atoms. The van der Waals surface area contributed by atoms with Crippen molar-refractivity contribution in [3.8, 4) is 6.07 Å². The van der Waals surface area contributed by atoms with Crippen LogP contribution in [-0.2, 0) is 9.47 Å². The van der Waals surface area contributed by atoms with Gasteiger partial charge in [-0.3, -0.25) is 0 Å². The highest BCUT2D eigenvalue weighted by molar-refractivity contribution is 6.30. The van der Waals surface area contributed by atoms with Crippen molar-refractivity contribution < 1.29 is 9.47 Å². The zero-order valence-corrected chi connectivity index (χ0v) is 14.7. The Bertz CT molecular complexity index is 846. The Labute approximate surface area is 151 Å². The molecule has 0 bridgehead atoms. The molecular weight excluding hydrogens is 338 g/mol. The molecule has 25 heavy (non-hydrogen) atoms. The summed E-state index contributed by atoms with van der Waals surface area (Å²) in [4.78, 5) is 0. The number of nitrogens with one attached hydrogen (secondary N) is 2. The van der Waals surface area contributed by atoms with Crippen LogP contribution in [0.1, 0.15) is 20.3 Å². The molecule has 5 nitrogen and oxygen atoms in total. The highest BCUT2D eigenvalue weighted by atomic mass is 35.5. The molecule has 2 atom stereocenters. The van der Waals surface area contributed by atoms with E-state index in [1.807, 2.05) is 50.3 Å². The number of halogens is 1. The molecule has 0 saturated heterocycles. The van der Waals surface area contributed by atoms with Crippen LogP contribution in [0.5, 0.6) is 0 Å². The smallest absolute Gasteiger partial charge is 0.248 e. The van der Waals surface area contributed by atoms with E-state index in [2.05, 4.69) is 16.7 Å². The predicted octanol–water partition coefficient (Wildman–Crippen LogP) is 4.03. The second-order valence-corrected chi connectivity index (χ2v) is 7.19. The molecule has 2 aliphatic heterocycles. The molecule has 0 saturated carbocycles. The zero-order chi connectivity index (χ0) is 17.6. The molecule has 0 radical (unpaired) electrons. The Hall–Kier alpha value is -2.58. The lowest BCUT2D eigenvalue weighted by molar-refractivity contribution is 0.00123. The molecule has 2 heterocycles. The van der Waals surface area contributed by atoms with Crippen LogP contribution in [0, 0.1) is 17.2 Å². The SMILES string of the molecule is CC1(C)OC2=C(CC(C#N)C=C2)C2=C1OC(Nc1ccc(Cl)cc1)N2. The van der Waals surface area contributed by atoms with E-state index in [1.54, 1.807) is 0 Å². The summed E-state index contributed by atoms with van der Waals surface area (Å²) in [5.74, 6) is 1.41. The standard InChI is InChI=1S/C19H18ClN3O2/c1-19(2)17-16(14-9-11(10-21)3-8-15(14)25-19)23-18(24-17)22-13-6-4-12(20)5-7-13/h3-8,11,18,22-23H,9H2,1-2H3. The normalized spacial score (nSPS) is 26.0. The topological polar surface area (TPSA) is 66.3 Å². The molecule has 4 rings (SSSR count). The number of nitriles is 1. The van der Waals surface area contributed by atoms with E-state index < -0.39 is 12.0 Å². The summed E-state index contributed by atoms with van der Waals surface area (Å²) >= 11 is 5.93. The molecule has 1 aromatic carbocycles. The number of allylic oxidation sites excluding steroid dienone is 3. The van der Waals surface area contributed by atoms with Gasteiger partial charge >= 0.3 is 0 Å². The first-order valence-electron chi connectivity index (χ1n) is 8.17. The number of anilines is 1. The van der Waals surface area contributed by atoms with Gasteiger partial charge in [0.15, 0.2) is 11.4 Å². The minimum Gasteiger partial charge on any atom is -0.479 e. The summed E-state index contributed by atoms with van der Waals surface area (Å²) in [6.07, 6.45) is 3.98. The van der Waals surface area contributed by atoms with Crippen LogP contribution in [0.25, 0.3) is 0 Å². The van der Waals surface area contributed by atoms with Crippen LogP contribution in [-0.4, -0.2) is 12.0 Å². The average molecular weight is 356 g/mol. The van der Waals surface area contributed by atoms with Gasteiger partial charge in [0.2, 0.25) is 6.35 Å². The first-order chi connectivity index (χ1) is 12.0. The highest BCUT2D eigenvalue weighted by Gasteiger charge is 2.44. The molecule has 3 aliphatic rings. The maximum atomic E-state index is 9.24. The zero-order valence-electron chi connectivity index (χ0n) is 14.0. The van der Waals surface area contributed by atoms with E-state index >= 15 is 0 Å². The minimum atomic E-state index is -0.582. The average Bonchev–Trinajstić information content (AvgIpc) is 3.02. The predicted molar refractivity (Wildman–Crippen MR) is 95.2 cm³/mol. The molecule has 2 unspecified atom stereocenters. The van der Waals surface area contributed by atoms with E-state index in [1.165, 1.54) is 0 Å². The molecular formula is C19H18ClN3O2. The third-order valence-corrected chi connectivity index (χ3v) is 4.71. The second-order valence-electron chi connectivity index (χ2n) is 6.75. The van der Waals surface area contributed by atoms with Gasteiger partial charge in [-0.05, 0) is 50.6 Å². The maximum Gasteiger partial charge on any atom is 0.248 e. The Morgan fingerprint density at radius 3 is 2.80 bits per heavy atom. The lowest BCUT2D eigenvalue weighted by atomic mass is 9.88. The third kappa shape index (κ3) is 2.83. The number of hydrogen-bond acceptors (Lipinski definition) is 5. The van der Waals surface area contributed by atoms with Gasteiger partial charge in [0.1, 0.15) is 5.76 Å². The van der Waals surface area contributed by atoms with Crippen molar-refractivity contribution in [2.75, 3.05) is 5.32 Å². The lowest BCUT2D eigenvalue weighted by Crippen LogP contribution is -2.33. The molecule has 0 amide bonds. The van der Waals surface area contributed by atoms with Crippen molar-refractivity contribution in [1.29, 1.82) is 5.26 Å². The number of nitrogens with zero attached hydrogens (tertiary/aromatic N) is 1. The Balaban J connectivity index is 1.59. The van der Waals surface area contributed by atoms with E-state index in [0.29, 0.717) is 11.4 Å². The van der Waals surface area contributed by atoms with Gasteiger partial charge in [0.05, 0.1) is 17.7 Å². The van der Waals surface area contributed by atoms with Crippen molar-refractivity contribution in [2.24, 2.45) is 5.92 Å². The first kappa shape index (κ1) is 15.9. The Kier molecular flexibility index (Phi) is 3.66. The summed E-state index contributed by atoms with van der Waals surface area (Å²) in [6, 6.07) is 9.73. The molecule has 128 valence electrons. The number of benzene rings is 1. The summed E-state index contributed by atoms with van der Waals surface area (Å²) in [7, 11) is 0. The maximum absolute atomic E-state index is 9.24. The Morgan fingerprint density at radius 1 is 1.32 bits per heavy atom. The van der Waals surface area contributed by atoms with E-state index in [4.69, 9.17) is 21.1 Å². The van der Waals surface area contributed by atoms with Gasteiger partial charge in [0.25, 0.3) is 0 Å². The van der Waals surface area contributed by atoms with Gasteiger partial charge in [0, 0.05) is 16.3 Å². The van der Waals surface area contributed by atoms with Crippen LogP contribution in [0.4, 0.5) is 5.69 Å². The number of ether oxygens (including phenoxy) is 2. The summed E-state index contributed by atoms with van der Waals surface area (Å²) in [5, 5.41) is 16.6. The summed E-state index contributed by atoms with van der Waals surface area (Å²) in [6.45, 7) is 3.95. The van der Waals surface area contributed by atoms with Crippen LogP contribution < -0.4 is 10.6 Å². The van der Waals surface area contributed by atoms with Gasteiger partial charge < -0.3 is 20.1 Å². The lowest BCUT2D eigenvalue weighted by Gasteiger charge is -2.34. The fourth-order valence-electron chi connectivity index (χ4n) is 3.26. The van der Waals surface area contributed by atoms with Gasteiger partial charge in [-0.25, -0.2) is 0 Å². The molecule has 0 fully saturated rings. The van der Waals surface area contributed by atoms with Crippen LogP contribution >= 0.6 is 11.6 Å². The van der Waals surface area contributed by atoms with E-state index in [0.717, 1.165) is 28.5 Å². The van der Waals surface area contributed by atoms with Crippen molar-refractivity contribution >= 4 is 17.3 Å². The van der Waals surface area contributed by atoms with Crippen LogP contribution in [0.2, 0.25) is 5.02 Å². The van der Waals surface area contributed by atoms with E-state index in [-0.39, 0.29) is 5.92 Å². The minimum absolute atomic E-state index is 0.151. The molecule has 1 aromatic rings. The van der Waals surface area contributed by atoms with Crippen molar-refractivity contribution in [2.45, 2.75) is 32.2 Å². The summed E-state index contributed by atoms with van der Waals surface area (Å²) in [5.41, 5.74) is 2.22. The van der Waals surface area contributed by atoms with Gasteiger partial charge in [-0.1, -0.05) is 17.7 Å².